The number of amides is 1. The highest BCUT2D eigenvalue weighted by Gasteiger charge is 2.37. The molecule has 46 heavy (non-hydrogen) atoms. The molecule has 1 aliphatic heterocycles. The quantitative estimate of drug-likeness (QED) is 0.228. The molecule has 1 atom stereocenters. The van der Waals surface area contributed by atoms with Gasteiger partial charge in [-0.05, 0) is 43.7 Å². The van der Waals surface area contributed by atoms with Gasteiger partial charge >= 0.3 is 11.9 Å². The van der Waals surface area contributed by atoms with Gasteiger partial charge < -0.3 is 9.80 Å². The minimum atomic E-state index is -5.13. The molecule has 4 heterocycles. The fourth-order valence-corrected chi connectivity index (χ4v) is 6.26. The van der Waals surface area contributed by atoms with E-state index in [4.69, 9.17) is 0 Å². The summed E-state index contributed by atoms with van der Waals surface area (Å²) in [4.78, 5) is 40.7. The second-order valence-corrected chi connectivity index (χ2v) is 12.6. The van der Waals surface area contributed by atoms with Crippen LogP contribution in [0.1, 0.15) is 18.1 Å². The molecule has 1 saturated heterocycles. The Kier molecular flexibility index (Phi) is 8.17. The minimum Gasteiger partial charge on any atom is -0.350 e. The van der Waals surface area contributed by atoms with Crippen LogP contribution in [-0.4, -0.2) is 70.7 Å². The number of nitrogens with zero attached hydrogens (tertiary/aromatic N) is 6. The van der Waals surface area contributed by atoms with Gasteiger partial charge in [0.15, 0.2) is 32.2 Å². The average molecular weight is 667 g/mol. The summed E-state index contributed by atoms with van der Waals surface area (Å²) in [5, 5.41) is -0.859. The maximum absolute atomic E-state index is 15.9. The smallest absolute Gasteiger partial charge is 0.350 e. The first-order valence-corrected chi connectivity index (χ1v) is 15.4. The van der Waals surface area contributed by atoms with Crippen molar-refractivity contribution in [2.24, 2.45) is 0 Å². The Morgan fingerprint density at radius 1 is 1.09 bits per heavy atom. The number of aryl methyl sites for hydroxylation is 1. The Morgan fingerprint density at radius 2 is 1.78 bits per heavy atom. The van der Waals surface area contributed by atoms with Crippen molar-refractivity contribution >= 4 is 32.6 Å². The van der Waals surface area contributed by atoms with Gasteiger partial charge in [-0.15, -0.1) is 0 Å². The monoisotopic (exact) mass is 666 g/mol. The van der Waals surface area contributed by atoms with Crippen LogP contribution in [0, 0.1) is 18.6 Å². The molecule has 17 heteroatoms. The number of pyridine rings is 2. The van der Waals surface area contributed by atoms with Crippen molar-refractivity contribution in [2.45, 2.75) is 31.1 Å². The molecule has 242 valence electrons. The van der Waals surface area contributed by atoms with Crippen LogP contribution in [0.5, 0.6) is 0 Å². The van der Waals surface area contributed by atoms with Crippen LogP contribution >= 0.6 is 0 Å². The molecule has 0 radical (unpaired) electrons. The van der Waals surface area contributed by atoms with Crippen molar-refractivity contribution in [3.63, 3.8) is 0 Å². The van der Waals surface area contributed by atoms with E-state index in [1.165, 1.54) is 17.9 Å². The zero-order chi connectivity index (χ0) is 33.9. The first-order chi connectivity index (χ1) is 21.4. The van der Waals surface area contributed by atoms with E-state index in [-0.39, 0.29) is 42.1 Å². The van der Waals surface area contributed by atoms with Gasteiger partial charge in [0, 0.05) is 38.1 Å². The lowest BCUT2D eigenvalue weighted by Gasteiger charge is -2.40. The summed E-state index contributed by atoms with van der Waals surface area (Å²) in [6, 6.07) is 3.43. The summed E-state index contributed by atoms with van der Waals surface area (Å²) in [5.74, 6) is -5.21. The molecule has 3 aromatic heterocycles. The predicted molar refractivity (Wildman–Crippen MR) is 155 cm³/mol. The maximum Gasteiger partial charge on any atom is 0.417 e. The highest BCUT2D eigenvalue weighted by molar-refractivity contribution is 7.90. The number of anilines is 1. The molecule has 0 N–H and O–H groups in total. The Hall–Kier alpha value is -4.80. The van der Waals surface area contributed by atoms with Crippen molar-refractivity contribution in [3.8, 4) is 16.9 Å². The maximum atomic E-state index is 15.9. The fourth-order valence-electron chi connectivity index (χ4n) is 5.40. The van der Waals surface area contributed by atoms with E-state index >= 15 is 8.78 Å². The Balaban J connectivity index is 1.87. The first kappa shape index (κ1) is 32.6. The lowest BCUT2D eigenvalue weighted by molar-refractivity contribution is -0.137. The van der Waals surface area contributed by atoms with Gasteiger partial charge in [0.25, 0.3) is 5.91 Å². The van der Waals surface area contributed by atoms with Crippen LogP contribution in [0.4, 0.5) is 32.2 Å². The molecule has 0 saturated carbocycles. The Bertz CT molecular complexity index is 2100. The molecule has 0 bridgehead atoms. The molecule has 0 unspecified atom stereocenters. The molecule has 10 nitrogen and oxygen atoms in total. The lowest BCUT2D eigenvalue weighted by atomic mass is 10.0. The van der Waals surface area contributed by atoms with Crippen LogP contribution in [0.2, 0.25) is 0 Å². The number of halogens is 6. The van der Waals surface area contributed by atoms with Crippen LogP contribution in [0.15, 0.2) is 58.8 Å². The van der Waals surface area contributed by atoms with Crippen molar-refractivity contribution in [1.29, 1.82) is 0 Å². The Labute approximate surface area is 257 Å². The molecular weight excluding hydrogens is 642 g/mol. The van der Waals surface area contributed by atoms with Gasteiger partial charge in [-0.1, -0.05) is 12.6 Å². The summed E-state index contributed by atoms with van der Waals surface area (Å²) in [6.45, 7) is 5.82. The average Bonchev–Trinajstić information content (AvgIpc) is 2.96. The van der Waals surface area contributed by atoms with E-state index in [1.54, 1.807) is 6.92 Å². The lowest BCUT2D eigenvalue weighted by Crippen LogP contribution is -2.54. The van der Waals surface area contributed by atoms with Crippen LogP contribution in [-0.2, 0) is 20.8 Å². The van der Waals surface area contributed by atoms with E-state index < -0.39 is 78.6 Å². The highest BCUT2D eigenvalue weighted by atomic mass is 32.2. The number of benzene rings is 1. The SMILES string of the molecule is C=C(F)C(=O)N1CCN(c2nc(=O)n(-c3c(C)ccnc3S(C)(=O)=O)c3nc(-c4c(F)cccc4C(F)(F)F)c(F)cc23)[C@@H](C)C1. The van der Waals surface area contributed by atoms with Crippen molar-refractivity contribution in [3.05, 3.63) is 82.2 Å². The number of hydrogen-bond donors (Lipinski definition) is 0. The zero-order valence-corrected chi connectivity index (χ0v) is 25.2. The molecule has 1 aromatic carbocycles. The minimum absolute atomic E-state index is 0.0544. The third-order valence-corrected chi connectivity index (χ3v) is 8.44. The van der Waals surface area contributed by atoms with E-state index in [1.807, 2.05) is 0 Å². The standard InChI is InChI=1S/C29H24F6N6O4S/c1-14-8-9-36-26(46(4,44)45)23(14)41-25-17(12-20(32)22(37-25)21-18(29(33,34)35)6-5-7-19(21)31)24(38-28(41)43)40-11-10-39(13-15(40)2)27(42)16(3)30/h5-9,12,15H,3,10-11,13H2,1-2,4H3/t15-/m0/s1. The second-order valence-electron chi connectivity index (χ2n) is 10.7. The topological polar surface area (TPSA) is 118 Å². The third kappa shape index (κ3) is 5.70. The van der Waals surface area contributed by atoms with Gasteiger partial charge in [0.05, 0.1) is 22.2 Å². The number of carbonyl (C=O) groups is 1. The number of sulfone groups is 1. The number of aromatic nitrogens is 4. The summed E-state index contributed by atoms with van der Waals surface area (Å²) in [7, 11) is -4.15. The molecule has 1 amide bonds. The van der Waals surface area contributed by atoms with E-state index in [2.05, 4.69) is 21.5 Å². The predicted octanol–water partition coefficient (Wildman–Crippen LogP) is 4.37. The summed E-state index contributed by atoms with van der Waals surface area (Å²) in [5.41, 5.74) is -5.78. The normalized spacial score (nSPS) is 15.8. The van der Waals surface area contributed by atoms with E-state index in [0.29, 0.717) is 16.7 Å². The number of hydrogen-bond acceptors (Lipinski definition) is 8. The number of alkyl halides is 3. The molecule has 1 fully saturated rings. The zero-order valence-electron chi connectivity index (χ0n) is 24.4. The summed E-state index contributed by atoms with van der Waals surface area (Å²) in [6.07, 6.45) is -3.16. The van der Waals surface area contributed by atoms with Gasteiger partial charge in [-0.2, -0.15) is 18.2 Å². The Morgan fingerprint density at radius 3 is 2.39 bits per heavy atom. The number of rotatable bonds is 5. The summed E-state index contributed by atoms with van der Waals surface area (Å²) < 4.78 is 113. The van der Waals surface area contributed by atoms with Crippen molar-refractivity contribution in [1.82, 2.24) is 24.4 Å². The number of fused-ring (bicyclic) bond motifs is 1. The molecular formula is C29H24F6N6O4S. The molecule has 4 aromatic rings. The van der Waals surface area contributed by atoms with Crippen molar-refractivity contribution < 1.29 is 39.6 Å². The molecule has 0 spiro atoms. The number of piperazine rings is 1. The largest absolute Gasteiger partial charge is 0.417 e. The second kappa shape index (κ2) is 11.5. The fraction of sp³-hybridized carbons (Fsp3) is 0.276. The number of carbonyl (C=O) groups excluding carboxylic acids is 1. The molecule has 5 rings (SSSR count). The third-order valence-electron chi connectivity index (χ3n) is 7.44. The van der Waals surface area contributed by atoms with Crippen LogP contribution in [0.3, 0.4) is 0 Å². The van der Waals surface area contributed by atoms with E-state index in [0.717, 1.165) is 29.5 Å². The van der Waals surface area contributed by atoms with Gasteiger partial charge in [0.1, 0.15) is 17.3 Å². The van der Waals surface area contributed by atoms with Gasteiger partial charge in [0.2, 0.25) is 0 Å². The molecule has 0 aliphatic carbocycles. The highest BCUT2D eigenvalue weighted by Crippen LogP contribution is 2.40. The summed E-state index contributed by atoms with van der Waals surface area (Å²) >= 11 is 0. The molecule has 1 aliphatic rings. The first-order valence-electron chi connectivity index (χ1n) is 13.5. The van der Waals surface area contributed by atoms with Crippen LogP contribution in [0.25, 0.3) is 28.0 Å². The van der Waals surface area contributed by atoms with Gasteiger partial charge in [-0.3, -0.25) is 4.79 Å². The van der Waals surface area contributed by atoms with Crippen LogP contribution < -0.4 is 10.6 Å². The van der Waals surface area contributed by atoms with E-state index in [9.17, 15) is 35.6 Å². The van der Waals surface area contributed by atoms with Crippen molar-refractivity contribution in [2.75, 3.05) is 30.8 Å². The van der Waals surface area contributed by atoms with Gasteiger partial charge in [-0.25, -0.2) is 40.9 Å².